The molecular formula is C39H38O9. The van der Waals surface area contributed by atoms with Crippen LogP contribution in [0.4, 0.5) is 0 Å². The quantitative estimate of drug-likeness (QED) is 0.156. The van der Waals surface area contributed by atoms with E-state index in [0.29, 0.717) is 47.5 Å². The molecule has 4 N–H and O–H groups in total. The van der Waals surface area contributed by atoms with Gasteiger partial charge in [-0.2, -0.15) is 0 Å². The van der Waals surface area contributed by atoms with E-state index >= 15 is 0 Å². The number of phenolic OH excluding ortho intramolecular Hbond substituents is 4. The average Bonchev–Trinajstić information content (AvgIpc) is 3.59. The number of phenols is 4. The van der Waals surface area contributed by atoms with Crippen molar-refractivity contribution < 1.29 is 44.2 Å². The molecule has 1 aliphatic carbocycles. The van der Waals surface area contributed by atoms with Crippen molar-refractivity contribution in [3.8, 4) is 34.5 Å². The number of rotatable bonds is 6. The lowest BCUT2D eigenvalue weighted by Gasteiger charge is -2.38. The van der Waals surface area contributed by atoms with E-state index in [1.165, 1.54) is 14.2 Å². The number of methoxy groups -OCH3 is 2. The minimum Gasteiger partial charge on any atom is -0.508 e. The molecule has 5 atom stereocenters. The smallest absolute Gasteiger partial charge is 0.175 e. The minimum atomic E-state index is -1.02. The Bertz CT molecular complexity index is 1960. The van der Waals surface area contributed by atoms with Crippen molar-refractivity contribution in [1.82, 2.24) is 0 Å². The number of aromatic hydroxyl groups is 4. The van der Waals surface area contributed by atoms with Crippen molar-refractivity contribution in [2.45, 2.75) is 57.5 Å². The summed E-state index contributed by atoms with van der Waals surface area (Å²) in [5.41, 5.74) is 5.32. The Balaban J connectivity index is 1.37. The van der Waals surface area contributed by atoms with Gasteiger partial charge in [-0.3, -0.25) is 4.79 Å². The van der Waals surface area contributed by atoms with E-state index in [1.54, 1.807) is 61.5 Å². The summed E-state index contributed by atoms with van der Waals surface area (Å²) in [7, 11) is 2.97. The molecule has 0 bridgehead atoms. The number of carbonyl (C=O) groups is 1. The third-order valence-electron chi connectivity index (χ3n) is 10.2. The first-order valence-corrected chi connectivity index (χ1v) is 15.9. The van der Waals surface area contributed by atoms with Gasteiger partial charge in [0.15, 0.2) is 28.8 Å². The Morgan fingerprint density at radius 2 is 1.19 bits per heavy atom. The number of ether oxygens (including phenoxy) is 4. The number of hydrogen-bond donors (Lipinski definition) is 4. The van der Waals surface area contributed by atoms with E-state index in [-0.39, 0.29) is 28.8 Å². The van der Waals surface area contributed by atoms with Gasteiger partial charge in [0, 0.05) is 0 Å². The Hall–Kier alpha value is -4.99. The highest BCUT2D eigenvalue weighted by atomic mass is 16.5. The van der Waals surface area contributed by atoms with Gasteiger partial charge in [-0.15, -0.1) is 0 Å². The van der Waals surface area contributed by atoms with E-state index < -0.39 is 29.8 Å². The molecule has 248 valence electrons. The fourth-order valence-electron chi connectivity index (χ4n) is 7.67. The molecule has 9 heteroatoms. The summed E-state index contributed by atoms with van der Waals surface area (Å²) in [5, 5.41) is 41.7. The van der Waals surface area contributed by atoms with Crippen LogP contribution in [0.1, 0.15) is 77.1 Å². The van der Waals surface area contributed by atoms with E-state index in [1.807, 2.05) is 25.1 Å². The van der Waals surface area contributed by atoms with Crippen molar-refractivity contribution in [1.29, 1.82) is 0 Å². The summed E-state index contributed by atoms with van der Waals surface area (Å²) < 4.78 is 24.3. The molecular weight excluding hydrogens is 612 g/mol. The Labute approximate surface area is 278 Å². The van der Waals surface area contributed by atoms with Crippen LogP contribution < -0.4 is 9.47 Å². The number of aryl methyl sites for hydroxylation is 2. The molecule has 9 nitrogen and oxygen atoms in total. The summed E-state index contributed by atoms with van der Waals surface area (Å²) in [6.45, 7) is 3.62. The molecule has 7 rings (SSSR count). The van der Waals surface area contributed by atoms with Crippen molar-refractivity contribution in [3.05, 3.63) is 117 Å². The minimum absolute atomic E-state index is 0.00468. The van der Waals surface area contributed by atoms with Crippen LogP contribution >= 0.6 is 0 Å². The van der Waals surface area contributed by atoms with Crippen molar-refractivity contribution >= 4 is 5.78 Å². The van der Waals surface area contributed by atoms with E-state index in [4.69, 9.17) is 18.9 Å². The summed E-state index contributed by atoms with van der Waals surface area (Å²) in [4.78, 5) is 14.9. The Morgan fingerprint density at radius 1 is 0.625 bits per heavy atom. The van der Waals surface area contributed by atoms with Crippen LogP contribution in [0.5, 0.6) is 34.5 Å². The zero-order valence-corrected chi connectivity index (χ0v) is 27.2. The second kappa shape index (κ2) is 11.9. The van der Waals surface area contributed by atoms with Crippen LogP contribution in [-0.2, 0) is 14.3 Å². The molecule has 4 aromatic carbocycles. The molecule has 1 saturated heterocycles. The zero-order valence-electron chi connectivity index (χ0n) is 27.2. The van der Waals surface area contributed by atoms with Gasteiger partial charge in [0.2, 0.25) is 0 Å². The number of carbonyl (C=O) groups excluding carboxylic acids is 1. The lowest BCUT2D eigenvalue weighted by atomic mass is 9.63. The predicted octanol–water partition coefficient (Wildman–Crippen LogP) is 7.50. The van der Waals surface area contributed by atoms with Crippen molar-refractivity contribution in [3.63, 3.8) is 0 Å². The highest BCUT2D eigenvalue weighted by Gasteiger charge is 2.60. The first-order chi connectivity index (χ1) is 23.0. The van der Waals surface area contributed by atoms with Crippen molar-refractivity contribution in [2.75, 3.05) is 14.2 Å². The molecule has 2 heterocycles. The van der Waals surface area contributed by atoms with E-state index in [2.05, 4.69) is 0 Å². The SMILES string of the molecule is COc1ccc([C@@H]2O[C@H](c3ccc(O)c(C)c3)C(=O)[C@@]23CCC2=C(C3)[C@@H](c3ccc(O)c(OC)c3)O[C@H]2c2ccc(O)c(C)c2)cc1O. The first-order valence-electron chi connectivity index (χ1n) is 15.9. The molecule has 48 heavy (non-hydrogen) atoms. The van der Waals surface area contributed by atoms with Gasteiger partial charge in [-0.05, 0) is 126 Å². The summed E-state index contributed by atoms with van der Waals surface area (Å²) in [5.74, 6) is 0.825. The highest BCUT2D eigenvalue weighted by Crippen LogP contribution is 2.64. The van der Waals surface area contributed by atoms with Crippen LogP contribution in [0.2, 0.25) is 0 Å². The van der Waals surface area contributed by atoms with E-state index in [9.17, 15) is 25.2 Å². The third kappa shape index (κ3) is 5.05. The van der Waals surface area contributed by atoms with Gasteiger partial charge < -0.3 is 39.4 Å². The summed E-state index contributed by atoms with van der Waals surface area (Å²) in [6.07, 6.45) is -1.24. The predicted molar refractivity (Wildman–Crippen MR) is 176 cm³/mol. The molecule has 4 aromatic rings. The molecule has 0 aromatic heterocycles. The first kappa shape index (κ1) is 31.6. The molecule has 0 unspecified atom stereocenters. The summed E-state index contributed by atoms with van der Waals surface area (Å²) in [6, 6.07) is 20.7. The van der Waals surface area contributed by atoms with Gasteiger partial charge in [0.05, 0.1) is 25.7 Å². The Morgan fingerprint density at radius 3 is 1.79 bits per heavy atom. The van der Waals surface area contributed by atoms with Crippen LogP contribution in [0.15, 0.2) is 83.9 Å². The average molecular weight is 651 g/mol. The van der Waals surface area contributed by atoms with Crippen molar-refractivity contribution in [2.24, 2.45) is 5.41 Å². The van der Waals surface area contributed by atoms with Crippen LogP contribution in [0, 0.1) is 19.3 Å². The highest BCUT2D eigenvalue weighted by molar-refractivity contribution is 5.93. The normalized spacial score (nSPS) is 25.0. The third-order valence-corrected chi connectivity index (χ3v) is 10.2. The summed E-state index contributed by atoms with van der Waals surface area (Å²) >= 11 is 0. The number of benzene rings is 4. The molecule has 0 saturated carbocycles. The lowest BCUT2D eigenvalue weighted by Crippen LogP contribution is -2.36. The fourth-order valence-corrected chi connectivity index (χ4v) is 7.67. The lowest BCUT2D eigenvalue weighted by molar-refractivity contribution is -0.128. The number of hydrogen-bond acceptors (Lipinski definition) is 9. The Kier molecular flexibility index (Phi) is 7.84. The molecule has 3 aliphatic rings. The largest absolute Gasteiger partial charge is 0.508 e. The van der Waals surface area contributed by atoms with Gasteiger partial charge in [-0.25, -0.2) is 0 Å². The molecule has 1 fully saturated rings. The molecule has 2 aliphatic heterocycles. The zero-order chi connectivity index (χ0) is 33.9. The van der Waals surface area contributed by atoms with Gasteiger partial charge >= 0.3 is 0 Å². The maximum Gasteiger partial charge on any atom is 0.175 e. The molecule has 0 radical (unpaired) electrons. The monoisotopic (exact) mass is 650 g/mol. The molecule has 0 amide bonds. The van der Waals surface area contributed by atoms with Gasteiger partial charge in [0.25, 0.3) is 0 Å². The molecule has 1 spiro atoms. The van der Waals surface area contributed by atoms with Crippen LogP contribution in [0.3, 0.4) is 0 Å². The second-order valence-electron chi connectivity index (χ2n) is 13.0. The van der Waals surface area contributed by atoms with Gasteiger partial charge in [-0.1, -0.05) is 24.3 Å². The van der Waals surface area contributed by atoms with Crippen LogP contribution in [-0.4, -0.2) is 40.4 Å². The fraction of sp³-hybridized carbons (Fsp3) is 0.308. The number of Topliss-reactive ketones (excluding diaryl/α,β-unsaturated/α-hetero) is 1. The maximum absolute atomic E-state index is 14.9. The van der Waals surface area contributed by atoms with E-state index in [0.717, 1.165) is 27.8 Å². The maximum atomic E-state index is 14.9. The topological polar surface area (TPSA) is 135 Å². The van der Waals surface area contributed by atoms with Crippen LogP contribution in [0.25, 0.3) is 0 Å². The standard InChI is InChI=1S/C39H38O9/c1-20-15-22(5-9-28(20)40)34-26-13-14-39(19-27(26)35(47-34)24-7-11-30(42)33(18-24)46-4)37(44)36(23-6-10-29(41)21(2)16-23)48-38(39)25-8-12-32(45-3)31(43)17-25/h5-12,15-18,34-36,38,40-43H,13-14,19H2,1-4H3/t34-,35+,36+,38-,39-/m0/s1. The van der Waals surface area contributed by atoms with Gasteiger partial charge in [0.1, 0.15) is 29.8 Å². The second-order valence-corrected chi connectivity index (χ2v) is 13.0. The number of ketones is 1.